The number of thiazole rings is 1. The van der Waals surface area contributed by atoms with Gasteiger partial charge >= 0.3 is 0 Å². The number of methoxy groups -OCH3 is 2. The van der Waals surface area contributed by atoms with Gasteiger partial charge in [0.25, 0.3) is 5.91 Å². The maximum absolute atomic E-state index is 13.9. The molecule has 0 aliphatic rings. The first kappa shape index (κ1) is 23.6. The molecule has 0 aliphatic carbocycles. The van der Waals surface area contributed by atoms with Crippen molar-refractivity contribution in [3.05, 3.63) is 59.4 Å². The van der Waals surface area contributed by atoms with Gasteiger partial charge in [-0.1, -0.05) is 23.5 Å². The highest BCUT2D eigenvalue weighted by atomic mass is 32.1. The monoisotopic (exact) mass is 480 g/mol. The number of amides is 1. The number of nitrogens with zero attached hydrogens (tertiary/aromatic N) is 4. The molecule has 2 aromatic carbocycles. The van der Waals surface area contributed by atoms with Crippen molar-refractivity contribution in [1.82, 2.24) is 14.8 Å². The predicted molar refractivity (Wildman–Crippen MR) is 134 cm³/mol. The normalized spacial score (nSPS) is 11.0. The molecule has 0 spiro atoms. The van der Waals surface area contributed by atoms with Crippen LogP contribution in [-0.4, -0.2) is 48.0 Å². The zero-order valence-corrected chi connectivity index (χ0v) is 20.8. The molecule has 0 fully saturated rings. The van der Waals surface area contributed by atoms with Crippen molar-refractivity contribution >= 4 is 32.6 Å². The Morgan fingerprint density at radius 3 is 2.53 bits per heavy atom. The number of para-hydroxylation sites is 2. The lowest BCUT2D eigenvalue weighted by atomic mass is 10.1. The van der Waals surface area contributed by atoms with Gasteiger partial charge in [-0.25, -0.2) is 4.98 Å². The van der Waals surface area contributed by atoms with E-state index in [9.17, 15) is 4.79 Å². The minimum Gasteiger partial charge on any atom is -0.493 e. The van der Waals surface area contributed by atoms with Gasteiger partial charge in [-0.05, 0) is 51.1 Å². The van der Waals surface area contributed by atoms with Crippen molar-refractivity contribution in [1.29, 1.82) is 0 Å². The van der Waals surface area contributed by atoms with E-state index in [0.29, 0.717) is 47.6 Å². The van der Waals surface area contributed by atoms with Crippen LogP contribution in [0.3, 0.4) is 0 Å². The van der Waals surface area contributed by atoms with E-state index < -0.39 is 0 Å². The van der Waals surface area contributed by atoms with Crippen molar-refractivity contribution in [3.63, 3.8) is 0 Å². The fourth-order valence-corrected chi connectivity index (χ4v) is 4.89. The fraction of sp³-hybridized carbons (Fsp3) is 0.320. The molecule has 0 N–H and O–H groups in total. The summed E-state index contributed by atoms with van der Waals surface area (Å²) >= 11 is 1.45. The van der Waals surface area contributed by atoms with Gasteiger partial charge in [-0.15, -0.1) is 0 Å². The van der Waals surface area contributed by atoms with Crippen LogP contribution in [0.4, 0.5) is 5.13 Å². The Morgan fingerprint density at radius 1 is 1.09 bits per heavy atom. The molecule has 1 amide bonds. The molecule has 0 bridgehead atoms. The number of carbonyl (C=O) groups excluding carboxylic acids is 1. The number of aryl methyl sites for hydroxylation is 2. The summed E-state index contributed by atoms with van der Waals surface area (Å²) in [7, 11) is 3.08. The zero-order chi connectivity index (χ0) is 24.2. The molecule has 0 aliphatic heterocycles. The second-order valence-electron chi connectivity index (χ2n) is 7.68. The molecular weight excluding hydrogens is 452 g/mol. The van der Waals surface area contributed by atoms with E-state index in [1.165, 1.54) is 18.4 Å². The largest absolute Gasteiger partial charge is 0.493 e. The van der Waals surface area contributed by atoms with Gasteiger partial charge in [0.05, 0.1) is 43.3 Å². The van der Waals surface area contributed by atoms with E-state index in [0.717, 1.165) is 21.6 Å². The lowest BCUT2D eigenvalue weighted by molar-refractivity contribution is 0.0982. The van der Waals surface area contributed by atoms with E-state index >= 15 is 0 Å². The molecule has 178 valence electrons. The molecule has 9 heteroatoms. The van der Waals surface area contributed by atoms with Crippen LogP contribution < -0.4 is 19.1 Å². The Morgan fingerprint density at radius 2 is 1.85 bits per heavy atom. The highest BCUT2D eigenvalue weighted by Gasteiger charge is 2.26. The van der Waals surface area contributed by atoms with Crippen molar-refractivity contribution in [2.45, 2.75) is 27.3 Å². The summed E-state index contributed by atoms with van der Waals surface area (Å²) in [5.74, 6) is 1.36. The average Bonchev–Trinajstić information content (AvgIpc) is 3.41. The van der Waals surface area contributed by atoms with Crippen molar-refractivity contribution in [3.8, 4) is 17.2 Å². The first-order chi connectivity index (χ1) is 16.5. The number of rotatable bonds is 9. The molecule has 0 unspecified atom stereocenters. The second-order valence-corrected chi connectivity index (χ2v) is 8.69. The third-order valence-electron chi connectivity index (χ3n) is 5.42. The van der Waals surface area contributed by atoms with Crippen LogP contribution in [0.5, 0.6) is 17.2 Å². The Bertz CT molecular complexity index is 1310. The highest BCUT2D eigenvalue weighted by molar-refractivity contribution is 7.22. The van der Waals surface area contributed by atoms with Crippen molar-refractivity contribution in [2.24, 2.45) is 0 Å². The summed E-state index contributed by atoms with van der Waals surface area (Å²) in [6, 6.07) is 13.1. The van der Waals surface area contributed by atoms with E-state index in [2.05, 4.69) is 5.10 Å². The number of anilines is 1. The van der Waals surface area contributed by atoms with Gasteiger partial charge in [0.2, 0.25) is 0 Å². The minimum absolute atomic E-state index is 0.228. The van der Waals surface area contributed by atoms with Crippen LogP contribution >= 0.6 is 11.3 Å². The molecule has 34 heavy (non-hydrogen) atoms. The Hall–Kier alpha value is -3.59. The topological polar surface area (TPSA) is 78.7 Å². The standard InChI is InChI=1S/C25H28N4O4S/c1-6-33-19-10-8-12-21-22(19)26-25(34-21)28(13-14-29-17(3)15-16(2)27-29)24(30)18-9-7-11-20(31-4)23(18)32-5/h7-12,15H,6,13-14H2,1-5H3. The molecule has 0 saturated carbocycles. The maximum Gasteiger partial charge on any atom is 0.264 e. The molecule has 2 aromatic heterocycles. The first-order valence-electron chi connectivity index (χ1n) is 11.0. The number of fused-ring (bicyclic) bond motifs is 1. The maximum atomic E-state index is 13.9. The van der Waals surface area contributed by atoms with Crippen LogP contribution in [0.25, 0.3) is 10.2 Å². The van der Waals surface area contributed by atoms with Gasteiger partial charge < -0.3 is 14.2 Å². The second kappa shape index (κ2) is 10.1. The third-order valence-corrected chi connectivity index (χ3v) is 6.46. The molecule has 0 saturated heterocycles. The molecule has 8 nitrogen and oxygen atoms in total. The van der Waals surface area contributed by atoms with Crippen LogP contribution in [0, 0.1) is 13.8 Å². The van der Waals surface area contributed by atoms with Gasteiger partial charge in [0.1, 0.15) is 11.3 Å². The number of aromatic nitrogens is 3. The highest BCUT2D eigenvalue weighted by Crippen LogP contribution is 2.37. The minimum atomic E-state index is -0.228. The van der Waals surface area contributed by atoms with Gasteiger partial charge in [-0.3, -0.25) is 14.4 Å². The fourth-order valence-electron chi connectivity index (χ4n) is 3.88. The molecule has 4 aromatic rings. The van der Waals surface area contributed by atoms with E-state index in [1.807, 2.05) is 49.7 Å². The number of ether oxygens (including phenoxy) is 3. The summed E-state index contributed by atoms with van der Waals surface area (Å²) in [5, 5.41) is 5.13. The van der Waals surface area contributed by atoms with Crippen LogP contribution in [0.2, 0.25) is 0 Å². The quantitative estimate of drug-likeness (QED) is 0.340. The summed E-state index contributed by atoms with van der Waals surface area (Å²) in [5.41, 5.74) is 3.11. The summed E-state index contributed by atoms with van der Waals surface area (Å²) in [6.07, 6.45) is 0. The van der Waals surface area contributed by atoms with Gasteiger partial charge in [-0.2, -0.15) is 5.10 Å². The summed E-state index contributed by atoms with van der Waals surface area (Å²) < 4.78 is 19.6. The lowest BCUT2D eigenvalue weighted by Crippen LogP contribution is -2.34. The predicted octanol–water partition coefficient (Wildman–Crippen LogP) is 4.87. The van der Waals surface area contributed by atoms with Crippen LogP contribution in [-0.2, 0) is 6.54 Å². The SMILES string of the molecule is CCOc1cccc2sc(N(CCn3nc(C)cc3C)C(=O)c3cccc(OC)c3OC)nc12. The number of hydrogen-bond acceptors (Lipinski definition) is 7. The van der Waals surface area contributed by atoms with E-state index in [4.69, 9.17) is 19.2 Å². The number of carbonyl (C=O) groups is 1. The van der Waals surface area contributed by atoms with E-state index in [1.54, 1.807) is 30.2 Å². The Balaban J connectivity index is 1.77. The zero-order valence-electron chi connectivity index (χ0n) is 20.0. The smallest absolute Gasteiger partial charge is 0.264 e. The Kier molecular flexibility index (Phi) is 7.02. The summed E-state index contributed by atoms with van der Waals surface area (Å²) in [4.78, 5) is 20.4. The van der Waals surface area contributed by atoms with Crippen molar-refractivity contribution < 1.29 is 19.0 Å². The Labute approximate surface area is 202 Å². The molecular formula is C25H28N4O4S. The number of benzene rings is 2. The van der Waals surface area contributed by atoms with E-state index in [-0.39, 0.29) is 5.91 Å². The summed E-state index contributed by atoms with van der Waals surface area (Å²) in [6.45, 7) is 7.33. The number of hydrogen-bond donors (Lipinski definition) is 0. The third kappa shape index (κ3) is 4.56. The van der Waals surface area contributed by atoms with Crippen LogP contribution in [0.15, 0.2) is 42.5 Å². The molecule has 0 atom stereocenters. The van der Waals surface area contributed by atoms with Gasteiger partial charge in [0.15, 0.2) is 16.6 Å². The molecule has 2 heterocycles. The molecule has 4 rings (SSSR count). The first-order valence-corrected chi connectivity index (χ1v) is 11.8. The van der Waals surface area contributed by atoms with Crippen molar-refractivity contribution in [2.75, 3.05) is 32.3 Å². The lowest BCUT2D eigenvalue weighted by Gasteiger charge is -2.22. The average molecular weight is 481 g/mol. The van der Waals surface area contributed by atoms with Crippen LogP contribution in [0.1, 0.15) is 28.7 Å². The molecule has 0 radical (unpaired) electrons. The van der Waals surface area contributed by atoms with Gasteiger partial charge in [0, 0.05) is 12.2 Å².